The summed E-state index contributed by atoms with van der Waals surface area (Å²) < 4.78 is 4.27. The number of carbonyl (C=O) groups is 2. The number of hydrogen-bond acceptors (Lipinski definition) is 3. The van der Waals surface area contributed by atoms with Crippen LogP contribution in [0.5, 0.6) is 0 Å². The molecule has 0 rings (SSSR count). The van der Waals surface area contributed by atoms with E-state index in [1.54, 1.807) is 13.8 Å². The SMILES string of the molecule is C=C(C)C(=O)OC.CCCCCCCCCCCCCCCCCCC=C(C)C(=O)O. The van der Waals surface area contributed by atoms with Gasteiger partial charge in [-0.15, -0.1) is 0 Å². The minimum atomic E-state index is -0.786. The molecule has 0 aromatic heterocycles. The summed E-state index contributed by atoms with van der Waals surface area (Å²) in [4.78, 5) is 20.8. The summed E-state index contributed by atoms with van der Waals surface area (Å²) >= 11 is 0. The molecule has 1 N–H and O–H groups in total. The highest BCUT2D eigenvalue weighted by molar-refractivity contribution is 5.86. The van der Waals surface area contributed by atoms with Gasteiger partial charge in [-0.3, -0.25) is 0 Å². The van der Waals surface area contributed by atoms with Crippen LogP contribution in [0.3, 0.4) is 0 Å². The molecule has 182 valence electrons. The van der Waals surface area contributed by atoms with Crippen molar-refractivity contribution in [2.45, 2.75) is 130 Å². The van der Waals surface area contributed by atoms with Crippen LogP contribution >= 0.6 is 0 Å². The summed E-state index contributed by atoms with van der Waals surface area (Å²) in [6.07, 6.45) is 24.8. The molecular formula is C27H50O4. The minimum Gasteiger partial charge on any atom is -0.478 e. The molecule has 0 saturated carbocycles. The molecule has 0 aliphatic rings. The van der Waals surface area contributed by atoms with Crippen LogP contribution in [0.4, 0.5) is 0 Å². The average Bonchev–Trinajstić information content (AvgIpc) is 2.75. The molecule has 0 aromatic rings. The molecule has 0 aliphatic heterocycles. The third-order valence-electron chi connectivity index (χ3n) is 5.38. The van der Waals surface area contributed by atoms with Crippen LogP contribution in [0.2, 0.25) is 0 Å². The maximum Gasteiger partial charge on any atom is 0.332 e. The van der Waals surface area contributed by atoms with E-state index in [-0.39, 0.29) is 5.97 Å². The second-order valence-electron chi connectivity index (χ2n) is 8.56. The molecule has 0 radical (unpaired) electrons. The first-order valence-electron chi connectivity index (χ1n) is 12.5. The van der Waals surface area contributed by atoms with Gasteiger partial charge < -0.3 is 9.84 Å². The van der Waals surface area contributed by atoms with Gasteiger partial charge in [-0.25, -0.2) is 9.59 Å². The molecule has 0 unspecified atom stereocenters. The molecule has 31 heavy (non-hydrogen) atoms. The summed E-state index contributed by atoms with van der Waals surface area (Å²) in [7, 11) is 1.33. The fraction of sp³-hybridized carbons (Fsp3) is 0.778. The van der Waals surface area contributed by atoms with Crippen LogP contribution in [-0.2, 0) is 14.3 Å². The third-order valence-corrected chi connectivity index (χ3v) is 5.38. The first-order valence-corrected chi connectivity index (χ1v) is 12.5. The molecule has 0 aliphatic carbocycles. The Bertz CT molecular complexity index is 480. The van der Waals surface area contributed by atoms with Crippen LogP contribution in [0.1, 0.15) is 130 Å². The monoisotopic (exact) mass is 438 g/mol. The fourth-order valence-electron chi connectivity index (χ4n) is 3.27. The van der Waals surface area contributed by atoms with Crippen LogP contribution in [0.15, 0.2) is 23.8 Å². The predicted octanol–water partition coefficient (Wildman–Crippen LogP) is 8.40. The Hall–Kier alpha value is -1.58. The zero-order valence-corrected chi connectivity index (χ0v) is 21.0. The van der Waals surface area contributed by atoms with Gasteiger partial charge in [0.2, 0.25) is 0 Å². The van der Waals surface area contributed by atoms with E-state index in [9.17, 15) is 9.59 Å². The lowest BCUT2D eigenvalue weighted by Crippen LogP contribution is -1.98. The number of esters is 1. The van der Waals surface area contributed by atoms with Crippen molar-refractivity contribution >= 4 is 11.9 Å². The summed E-state index contributed by atoms with van der Waals surface area (Å²) in [6.45, 7) is 8.91. The molecule has 0 fully saturated rings. The Morgan fingerprint density at radius 1 is 0.742 bits per heavy atom. The summed E-state index contributed by atoms with van der Waals surface area (Å²) in [5, 5.41) is 8.75. The molecule has 4 heteroatoms. The standard InChI is InChI=1S/C22H42O2.C5H8O2/c1-3-4-5-6-7-8-9-10-11-12-13-14-15-16-17-18-19-20-21(2)22(23)24;1-4(2)5(6)7-3/h20H,3-19H2,1-2H3,(H,23,24);1H2,2-3H3. The number of carboxylic acids is 1. The Morgan fingerprint density at radius 2 is 1.10 bits per heavy atom. The summed E-state index contributed by atoms with van der Waals surface area (Å²) in [5.74, 6) is -1.13. The molecule has 0 amide bonds. The van der Waals surface area contributed by atoms with Gasteiger partial charge in [0.05, 0.1) is 7.11 Å². The van der Waals surface area contributed by atoms with Crippen molar-refractivity contribution in [2.75, 3.05) is 7.11 Å². The van der Waals surface area contributed by atoms with Crippen molar-refractivity contribution in [2.24, 2.45) is 0 Å². The number of rotatable bonds is 19. The lowest BCUT2D eigenvalue weighted by molar-refractivity contribution is -0.136. The smallest absolute Gasteiger partial charge is 0.332 e. The molecule has 0 heterocycles. The van der Waals surface area contributed by atoms with Gasteiger partial charge >= 0.3 is 11.9 Å². The van der Waals surface area contributed by atoms with Gasteiger partial charge in [0, 0.05) is 11.1 Å². The number of aliphatic carboxylic acids is 1. The van der Waals surface area contributed by atoms with Crippen molar-refractivity contribution in [1.82, 2.24) is 0 Å². The Kier molecular flexibility index (Phi) is 25.2. The molecule has 0 atom stereocenters. The molecular weight excluding hydrogens is 388 g/mol. The lowest BCUT2D eigenvalue weighted by atomic mass is 10.0. The second kappa shape index (κ2) is 24.7. The van der Waals surface area contributed by atoms with E-state index in [4.69, 9.17) is 5.11 Å². The third kappa shape index (κ3) is 26.4. The second-order valence-corrected chi connectivity index (χ2v) is 8.56. The van der Waals surface area contributed by atoms with Crippen LogP contribution in [0, 0.1) is 0 Å². The molecule has 4 nitrogen and oxygen atoms in total. The predicted molar refractivity (Wildman–Crippen MR) is 132 cm³/mol. The van der Waals surface area contributed by atoms with Gasteiger partial charge in [-0.2, -0.15) is 0 Å². The largest absolute Gasteiger partial charge is 0.478 e. The van der Waals surface area contributed by atoms with Crippen molar-refractivity contribution < 1.29 is 19.4 Å². The number of hydrogen-bond donors (Lipinski definition) is 1. The van der Waals surface area contributed by atoms with Crippen molar-refractivity contribution in [3.8, 4) is 0 Å². The van der Waals surface area contributed by atoms with Gasteiger partial charge in [-0.1, -0.05) is 116 Å². The van der Waals surface area contributed by atoms with Crippen LogP contribution in [0.25, 0.3) is 0 Å². The number of allylic oxidation sites excluding steroid dienone is 1. The van der Waals surface area contributed by atoms with Crippen LogP contribution in [-0.4, -0.2) is 24.2 Å². The maximum absolute atomic E-state index is 10.6. The van der Waals surface area contributed by atoms with E-state index in [2.05, 4.69) is 18.2 Å². The Labute approximate surface area is 192 Å². The van der Waals surface area contributed by atoms with Gasteiger partial charge in [-0.05, 0) is 26.7 Å². The number of ether oxygens (including phenoxy) is 1. The maximum atomic E-state index is 10.6. The van der Waals surface area contributed by atoms with Crippen molar-refractivity contribution in [1.29, 1.82) is 0 Å². The van der Waals surface area contributed by atoms with Gasteiger partial charge in [0.1, 0.15) is 0 Å². The average molecular weight is 439 g/mol. The Balaban J connectivity index is 0. The topological polar surface area (TPSA) is 63.6 Å². The minimum absolute atomic E-state index is 0.347. The van der Waals surface area contributed by atoms with E-state index >= 15 is 0 Å². The number of carboxylic acid groups (broad SMARTS) is 1. The van der Waals surface area contributed by atoms with E-state index < -0.39 is 5.97 Å². The first kappa shape index (κ1) is 31.6. The van der Waals surface area contributed by atoms with Crippen molar-refractivity contribution in [3.63, 3.8) is 0 Å². The molecule has 0 bridgehead atoms. The normalized spacial score (nSPS) is 10.9. The van der Waals surface area contributed by atoms with Gasteiger partial charge in [0.15, 0.2) is 0 Å². The zero-order valence-electron chi connectivity index (χ0n) is 21.0. The lowest BCUT2D eigenvalue weighted by Gasteiger charge is -2.03. The van der Waals surface area contributed by atoms with E-state index in [0.717, 1.165) is 12.8 Å². The first-order chi connectivity index (χ1) is 14.9. The molecule has 0 aromatic carbocycles. The number of carbonyl (C=O) groups excluding carboxylic acids is 1. The van der Waals surface area contributed by atoms with Gasteiger partial charge in [0.25, 0.3) is 0 Å². The quantitative estimate of drug-likeness (QED) is 0.125. The Morgan fingerprint density at radius 3 is 1.35 bits per heavy atom. The summed E-state index contributed by atoms with van der Waals surface area (Å²) in [6, 6.07) is 0. The van der Waals surface area contributed by atoms with Crippen molar-refractivity contribution in [3.05, 3.63) is 23.8 Å². The van der Waals surface area contributed by atoms with E-state index in [0.29, 0.717) is 11.1 Å². The highest BCUT2D eigenvalue weighted by Crippen LogP contribution is 2.14. The highest BCUT2D eigenvalue weighted by atomic mass is 16.5. The van der Waals surface area contributed by atoms with Crippen LogP contribution < -0.4 is 0 Å². The van der Waals surface area contributed by atoms with E-state index in [1.165, 1.54) is 103 Å². The van der Waals surface area contributed by atoms with E-state index in [1.807, 2.05) is 6.08 Å². The molecule has 0 saturated heterocycles. The summed E-state index contributed by atoms with van der Waals surface area (Å²) in [5.41, 5.74) is 0.915. The number of methoxy groups -OCH3 is 1. The highest BCUT2D eigenvalue weighted by Gasteiger charge is 1.98. The number of unbranched alkanes of at least 4 members (excludes halogenated alkanes) is 16. The zero-order chi connectivity index (χ0) is 23.7. The molecule has 0 spiro atoms. The fourth-order valence-corrected chi connectivity index (χ4v) is 3.27.